The van der Waals surface area contributed by atoms with E-state index in [1.165, 1.54) is 0 Å². The summed E-state index contributed by atoms with van der Waals surface area (Å²) in [6.45, 7) is 0.630. The number of amides is 1. The second kappa shape index (κ2) is 11.2. The predicted octanol–water partition coefficient (Wildman–Crippen LogP) is 5.78. The van der Waals surface area contributed by atoms with Crippen LogP contribution in [0.4, 0.5) is 10.1 Å². The maximum atomic E-state index is 13.7. The number of nitrogens with one attached hydrogen (secondary N) is 1. The number of piperidine rings is 1. The van der Waals surface area contributed by atoms with Crippen molar-refractivity contribution in [2.75, 3.05) is 24.2 Å². The molecule has 1 aliphatic heterocycles. The van der Waals surface area contributed by atoms with Gasteiger partial charge in [0.05, 0.1) is 29.3 Å². The molecule has 2 bridgehead atoms. The summed E-state index contributed by atoms with van der Waals surface area (Å²) in [4.78, 5) is 14.7. The summed E-state index contributed by atoms with van der Waals surface area (Å²) in [5, 5.41) is 7.74. The van der Waals surface area contributed by atoms with E-state index in [0.717, 1.165) is 55.5 Å². The van der Waals surface area contributed by atoms with Crippen LogP contribution in [0.15, 0.2) is 47.0 Å². The molecule has 0 radical (unpaired) electrons. The zero-order valence-electron chi connectivity index (χ0n) is 22.4. The van der Waals surface area contributed by atoms with Crippen LogP contribution >= 0.6 is 23.2 Å². The molecule has 1 N–H and O–H groups in total. The summed E-state index contributed by atoms with van der Waals surface area (Å²) < 4.78 is 48.4. The molecule has 2 aromatic carbocycles. The summed E-state index contributed by atoms with van der Waals surface area (Å²) >= 11 is 13.0. The largest absolute Gasteiger partial charge is 0.373 e. The molecule has 3 aliphatic rings. The van der Waals surface area contributed by atoms with Crippen LogP contribution in [0.5, 0.6) is 0 Å². The van der Waals surface area contributed by atoms with Gasteiger partial charge in [-0.1, -0.05) is 34.4 Å². The van der Waals surface area contributed by atoms with E-state index < -0.39 is 27.8 Å². The molecule has 1 aromatic heterocycles. The summed E-state index contributed by atoms with van der Waals surface area (Å²) in [6.07, 6.45) is 4.92. The Morgan fingerprint density at radius 3 is 2.49 bits per heavy atom. The lowest BCUT2D eigenvalue weighted by Gasteiger charge is -2.33. The number of fused-ring (bicyclic) bond motifs is 2. The lowest BCUT2D eigenvalue weighted by Crippen LogP contribution is -2.38. The van der Waals surface area contributed by atoms with Gasteiger partial charge < -0.3 is 19.5 Å². The van der Waals surface area contributed by atoms with Gasteiger partial charge in [0.15, 0.2) is 9.84 Å². The quantitative estimate of drug-likeness (QED) is 0.306. The van der Waals surface area contributed by atoms with Gasteiger partial charge in [-0.05, 0) is 62.1 Å². The highest BCUT2D eigenvalue weighted by molar-refractivity contribution is 7.91. The molecule has 6 rings (SSSR count). The number of ether oxygens (including phenoxy) is 1. The van der Waals surface area contributed by atoms with Gasteiger partial charge >= 0.3 is 0 Å². The van der Waals surface area contributed by atoms with E-state index in [1.54, 1.807) is 30.3 Å². The zero-order chi connectivity index (χ0) is 28.9. The molecular weight excluding hydrogens is 592 g/mol. The molecule has 3 aromatic rings. The topological polar surface area (TPSA) is 102 Å². The zero-order valence-corrected chi connectivity index (χ0v) is 24.7. The number of aromatic nitrogens is 1. The van der Waals surface area contributed by atoms with Gasteiger partial charge in [0.2, 0.25) is 5.50 Å². The van der Waals surface area contributed by atoms with Crippen LogP contribution in [-0.4, -0.2) is 56.5 Å². The highest BCUT2D eigenvalue weighted by Gasteiger charge is 2.45. The first kappa shape index (κ1) is 28.5. The first-order chi connectivity index (χ1) is 19.6. The minimum atomic E-state index is -3.86. The van der Waals surface area contributed by atoms with Crippen molar-refractivity contribution in [3.8, 4) is 11.3 Å². The number of rotatable bonds is 10. The Labute approximate surface area is 248 Å². The van der Waals surface area contributed by atoms with Crippen molar-refractivity contribution < 1.29 is 26.9 Å². The van der Waals surface area contributed by atoms with Gasteiger partial charge in [0, 0.05) is 53.1 Å². The fraction of sp³-hybridized carbons (Fsp3) is 0.448. The molecule has 0 spiro atoms. The fourth-order valence-electron chi connectivity index (χ4n) is 5.90. The Balaban J connectivity index is 1.08. The molecule has 2 heterocycles. The number of nitrogens with zero attached hydrogens (tertiary/aromatic N) is 2. The summed E-state index contributed by atoms with van der Waals surface area (Å²) in [7, 11) is -3.86. The third-order valence-corrected chi connectivity index (χ3v) is 9.96. The number of halogens is 3. The van der Waals surface area contributed by atoms with Gasteiger partial charge in [-0.3, -0.25) is 4.79 Å². The van der Waals surface area contributed by atoms with Crippen molar-refractivity contribution in [3.63, 3.8) is 0 Å². The van der Waals surface area contributed by atoms with Crippen molar-refractivity contribution >= 4 is 44.6 Å². The van der Waals surface area contributed by atoms with Gasteiger partial charge in [-0.2, -0.15) is 0 Å². The van der Waals surface area contributed by atoms with Crippen LogP contribution in [0.3, 0.4) is 0 Å². The van der Waals surface area contributed by atoms with Crippen molar-refractivity contribution in [2.24, 2.45) is 5.92 Å². The third kappa shape index (κ3) is 5.84. The molecule has 1 saturated heterocycles. The van der Waals surface area contributed by atoms with E-state index in [4.69, 9.17) is 32.5 Å². The summed E-state index contributed by atoms with van der Waals surface area (Å²) in [5.74, 6) is 1.06. The SMILES string of the molecule is CS(=O)(=O)C(F)CNC(=O)c1ccc(N2C[C@@H]3C[C@H]2C[C@H]3OCc2c(-c3c(Cl)cccc3Cl)noc2C2CC2)cc1. The smallest absolute Gasteiger partial charge is 0.251 e. The fourth-order valence-corrected chi connectivity index (χ4v) is 6.86. The van der Waals surface area contributed by atoms with E-state index in [9.17, 15) is 17.6 Å². The van der Waals surface area contributed by atoms with Crippen LogP contribution in [0, 0.1) is 5.92 Å². The molecular formula is C29H30Cl2FN3O5S. The number of sulfone groups is 1. The number of hydrogen-bond donors (Lipinski definition) is 1. The Morgan fingerprint density at radius 1 is 1.17 bits per heavy atom. The maximum Gasteiger partial charge on any atom is 0.251 e. The van der Waals surface area contributed by atoms with Gasteiger partial charge in [0.25, 0.3) is 5.91 Å². The molecule has 1 unspecified atom stereocenters. The molecule has 8 nitrogen and oxygen atoms in total. The average molecular weight is 623 g/mol. The maximum absolute atomic E-state index is 13.7. The van der Waals surface area contributed by atoms with E-state index >= 15 is 0 Å². The molecule has 1 amide bonds. The van der Waals surface area contributed by atoms with E-state index in [0.29, 0.717) is 51.4 Å². The average Bonchev–Trinajstić information content (AvgIpc) is 3.39. The molecule has 12 heteroatoms. The standard InChI is InChI=1S/C29H30Cl2FN3O5S/c1-41(37,38)25(32)13-33-29(36)17-7-9-19(10-8-17)35-14-18-11-20(35)12-24(18)39-15-21-27(34-40-28(21)16-5-6-16)26-22(30)3-2-4-23(26)31/h2-4,7-10,16,18,20,24-25H,5-6,11-15H2,1H3,(H,33,36)/t18-,20-,24+,25?/m0/s1. The van der Waals surface area contributed by atoms with Crippen LogP contribution in [0.2, 0.25) is 10.0 Å². The van der Waals surface area contributed by atoms with Crippen LogP contribution in [0.1, 0.15) is 53.3 Å². The number of hydrogen-bond acceptors (Lipinski definition) is 7. The number of anilines is 1. The molecule has 2 aliphatic carbocycles. The van der Waals surface area contributed by atoms with Crippen LogP contribution < -0.4 is 10.2 Å². The lowest BCUT2D eigenvalue weighted by atomic mass is 10.0. The van der Waals surface area contributed by atoms with Gasteiger partial charge in [0.1, 0.15) is 11.5 Å². The first-order valence-corrected chi connectivity index (χ1v) is 16.3. The van der Waals surface area contributed by atoms with E-state index in [1.807, 2.05) is 12.1 Å². The monoisotopic (exact) mass is 621 g/mol. The Kier molecular flexibility index (Phi) is 7.78. The van der Waals surface area contributed by atoms with E-state index in [2.05, 4.69) is 15.4 Å². The lowest BCUT2D eigenvalue weighted by molar-refractivity contribution is 0.0122. The Hall–Kier alpha value is -2.66. The highest BCUT2D eigenvalue weighted by Crippen LogP contribution is 2.47. The van der Waals surface area contributed by atoms with Gasteiger partial charge in [-0.25, -0.2) is 12.8 Å². The van der Waals surface area contributed by atoms with Crippen molar-refractivity contribution in [1.82, 2.24) is 10.5 Å². The molecule has 2 saturated carbocycles. The Bertz CT molecular complexity index is 1540. The number of benzene rings is 2. The number of carbonyl (C=O) groups excluding carboxylic acids is 1. The van der Waals surface area contributed by atoms with Crippen molar-refractivity contribution in [2.45, 2.75) is 55.9 Å². The second-order valence-corrected chi connectivity index (χ2v) is 14.1. The minimum Gasteiger partial charge on any atom is -0.373 e. The molecule has 41 heavy (non-hydrogen) atoms. The summed E-state index contributed by atoms with van der Waals surface area (Å²) in [5.41, 5.74) is 1.45. The molecule has 218 valence electrons. The highest BCUT2D eigenvalue weighted by atomic mass is 35.5. The second-order valence-electron chi connectivity index (χ2n) is 11.1. The number of carbonyl (C=O) groups is 1. The number of alkyl halides is 1. The Morgan fingerprint density at radius 2 is 1.88 bits per heavy atom. The van der Waals surface area contributed by atoms with Gasteiger partial charge in [-0.15, -0.1) is 0 Å². The van der Waals surface area contributed by atoms with Crippen LogP contribution in [0.25, 0.3) is 11.3 Å². The van der Waals surface area contributed by atoms with Crippen LogP contribution in [-0.2, 0) is 21.2 Å². The normalized spacial score (nSPS) is 22.7. The third-order valence-electron chi connectivity index (χ3n) is 8.23. The summed E-state index contributed by atoms with van der Waals surface area (Å²) in [6, 6.07) is 12.8. The molecule has 4 atom stereocenters. The molecule has 3 fully saturated rings. The van der Waals surface area contributed by atoms with Crippen molar-refractivity contribution in [3.05, 3.63) is 69.4 Å². The van der Waals surface area contributed by atoms with Crippen molar-refractivity contribution in [1.29, 1.82) is 0 Å². The first-order valence-electron chi connectivity index (χ1n) is 13.6. The van der Waals surface area contributed by atoms with E-state index in [-0.39, 0.29) is 6.10 Å². The predicted molar refractivity (Wildman–Crippen MR) is 155 cm³/mol. The minimum absolute atomic E-state index is 0.0984.